The van der Waals surface area contributed by atoms with Gasteiger partial charge in [0.1, 0.15) is 12.4 Å². The third kappa shape index (κ3) is 4.21. The van der Waals surface area contributed by atoms with Gasteiger partial charge in [-0.15, -0.1) is 0 Å². The van der Waals surface area contributed by atoms with Gasteiger partial charge in [0.2, 0.25) is 0 Å². The van der Waals surface area contributed by atoms with Gasteiger partial charge in [-0.25, -0.2) is 4.39 Å². The van der Waals surface area contributed by atoms with Crippen molar-refractivity contribution in [1.29, 1.82) is 0 Å². The zero-order valence-electron chi connectivity index (χ0n) is 10.4. The maximum Gasteiger partial charge on any atom is 0.322 e. The van der Waals surface area contributed by atoms with Crippen molar-refractivity contribution >= 4 is 17.4 Å². The molecule has 1 aliphatic carbocycles. The summed E-state index contributed by atoms with van der Waals surface area (Å²) in [6.07, 6.45) is 4.47. The molecular weight excluding hydrogens is 247 g/mol. The first kappa shape index (κ1) is 13.3. The summed E-state index contributed by atoms with van der Waals surface area (Å²) < 4.78 is 12.8. The summed E-state index contributed by atoms with van der Waals surface area (Å²) in [4.78, 5) is 14.9. The summed E-state index contributed by atoms with van der Waals surface area (Å²) >= 11 is 0. The lowest BCUT2D eigenvalue weighted by Gasteiger charge is -2.15. The number of halogens is 1. The quantitative estimate of drug-likeness (QED) is 0.876. The molecule has 2 rings (SSSR count). The molecule has 0 bridgehead atoms. The van der Waals surface area contributed by atoms with E-state index in [1.807, 2.05) is 6.08 Å². The Morgan fingerprint density at radius 3 is 2.74 bits per heavy atom. The minimum Gasteiger partial charge on any atom is -0.480 e. The van der Waals surface area contributed by atoms with Crippen molar-refractivity contribution in [2.75, 3.05) is 6.54 Å². The van der Waals surface area contributed by atoms with Crippen LogP contribution in [0.1, 0.15) is 19.3 Å². The van der Waals surface area contributed by atoms with Crippen LogP contribution >= 0.6 is 0 Å². The predicted octanol–water partition coefficient (Wildman–Crippen LogP) is 2.64. The number of aliphatic imine (C=N–C) groups is 1. The third-order valence-electron chi connectivity index (χ3n) is 2.79. The van der Waals surface area contributed by atoms with Crippen molar-refractivity contribution in [2.45, 2.75) is 19.3 Å². The van der Waals surface area contributed by atoms with Crippen molar-refractivity contribution in [3.05, 3.63) is 41.9 Å². The van der Waals surface area contributed by atoms with E-state index in [4.69, 9.17) is 5.11 Å². The number of allylic oxidation sites excluding steroid dienone is 2. The Morgan fingerprint density at radius 1 is 1.32 bits per heavy atom. The van der Waals surface area contributed by atoms with Gasteiger partial charge in [0.05, 0.1) is 5.69 Å². The molecule has 0 spiro atoms. The molecule has 1 aliphatic rings. The van der Waals surface area contributed by atoms with Crippen molar-refractivity contribution in [3.63, 3.8) is 0 Å². The van der Waals surface area contributed by atoms with Gasteiger partial charge in [0.15, 0.2) is 0 Å². The summed E-state index contributed by atoms with van der Waals surface area (Å²) in [6.45, 7) is -0.0876. The minimum absolute atomic E-state index is 0.0876. The first-order valence-corrected chi connectivity index (χ1v) is 6.13. The SMILES string of the molecule is O=C(O)CNC1=CC(=Nc2ccc(F)cc2)CCC1. The molecule has 1 aromatic rings. The van der Waals surface area contributed by atoms with Crippen LogP contribution < -0.4 is 5.32 Å². The number of nitrogens with zero attached hydrogens (tertiary/aromatic N) is 1. The second kappa shape index (κ2) is 6.13. The molecule has 0 fully saturated rings. The van der Waals surface area contributed by atoms with Crippen LogP contribution in [0, 0.1) is 5.82 Å². The van der Waals surface area contributed by atoms with Gasteiger partial charge in [-0.3, -0.25) is 9.79 Å². The molecule has 1 aromatic carbocycles. The van der Waals surface area contributed by atoms with E-state index in [1.165, 1.54) is 12.1 Å². The number of carbonyl (C=O) groups is 1. The lowest BCUT2D eigenvalue weighted by molar-refractivity contribution is -0.135. The molecule has 2 N–H and O–H groups in total. The van der Waals surface area contributed by atoms with Gasteiger partial charge in [0, 0.05) is 11.4 Å². The van der Waals surface area contributed by atoms with Gasteiger partial charge in [-0.2, -0.15) is 0 Å². The Hall–Kier alpha value is -2.17. The van der Waals surface area contributed by atoms with Crippen LogP contribution in [0.2, 0.25) is 0 Å². The molecule has 0 amide bonds. The molecule has 0 aliphatic heterocycles. The standard InChI is InChI=1S/C14H15FN2O2/c15-10-4-6-11(7-5-10)17-13-3-1-2-12(8-13)16-9-14(18)19/h4-8,16H,1-3,9H2,(H,18,19). The average molecular weight is 262 g/mol. The minimum atomic E-state index is -0.886. The molecule has 0 saturated heterocycles. The molecule has 0 heterocycles. The molecule has 19 heavy (non-hydrogen) atoms. The highest BCUT2D eigenvalue weighted by Gasteiger charge is 2.09. The fourth-order valence-corrected chi connectivity index (χ4v) is 1.90. The Balaban J connectivity index is 2.08. The molecule has 100 valence electrons. The van der Waals surface area contributed by atoms with Crippen molar-refractivity contribution in [2.24, 2.45) is 4.99 Å². The van der Waals surface area contributed by atoms with Crippen molar-refractivity contribution in [1.82, 2.24) is 5.32 Å². The Morgan fingerprint density at radius 2 is 2.05 bits per heavy atom. The lowest BCUT2D eigenvalue weighted by Crippen LogP contribution is -2.24. The van der Waals surface area contributed by atoms with E-state index >= 15 is 0 Å². The third-order valence-corrected chi connectivity index (χ3v) is 2.79. The fraction of sp³-hybridized carbons (Fsp3) is 0.286. The number of nitrogens with one attached hydrogen (secondary N) is 1. The molecule has 0 unspecified atom stereocenters. The highest BCUT2D eigenvalue weighted by molar-refractivity contribution is 5.97. The van der Waals surface area contributed by atoms with Gasteiger partial charge in [-0.1, -0.05) is 0 Å². The molecule has 0 aromatic heterocycles. The molecule has 0 radical (unpaired) electrons. The lowest BCUT2D eigenvalue weighted by atomic mass is 10.0. The topological polar surface area (TPSA) is 61.7 Å². The van der Waals surface area contributed by atoms with E-state index in [0.29, 0.717) is 5.69 Å². The molecule has 4 nitrogen and oxygen atoms in total. The van der Waals surface area contributed by atoms with E-state index in [9.17, 15) is 9.18 Å². The van der Waals surface area contributed by atoms with Gasteiger partial charge in [0.25, 0.3) is 0 Å². The number of benzene rings is 1. The highest BCUT2D eigenvalue weighted by atomic mass is 19.1. The summed E-state index contributed by atoms with van der Waals surface area (Å²) in [5.74, 6) is -1.17. The van der Waals surface area contributed by atoms with Crippen LogP contribution in [0.5, 0.6) is 0 Å². The van der Waals surface area contributed by atoms with E-state index in [-0.39, 0.29) is 12.4 Å². The molecule has 0 saturated carbocycles. The van der Waals surface area contributed by atoms with Crippen LogP contribution in [0.4, 0.5) is 10.1 Å². The second-order valence-electron chi connectivity index (χ2n) is 4.35. The van der Waals surface area contributed by atoms with Gasteiger partial charge in [-0.05, 0) is 49.6 Å². The first-order chi connectivity index (χ1) is 9.13. The number of rotatable bonds is 4. The zero-order chi connectivity index (χ0) is 13.7. The van der Waals surface area contributed by atoms with Crippen molar-refractivity contribution in [3.8, 4) is 0 Å². The van der Waals surface area contributed by atoms with E-state index in [0.717, 1.165) is 30.7 Å². The Labute approximate surface area is 110 Å². The molecule has 0 atom stereocenters. The summed E-state index contributed by atoms with van der Waals surface area (Å²) in [7, 11) is 0. The zero-order valence-corrected chi connectivity index (χ0v) is 10.4. The number of carboxylic acids is 1. The maximum absolute atomic E-state index is 12.8. The predicted molar refractivity (Wildman–Crippen MR) is 71.1 cm³/mol. The van der Waals surface area contributed by atoms with Crippen LogP contribution in [-0.4, -0.2) is 23.3 Å². The fourth-order valence-electron chi connectivity index (χ4n) is 1.90. The van der Waals surface area contributed by atoms with Gasteiger partial charge < -0.3 is 10.4 Å². The molecular formula is C14H15FN2O2. The summed E-state index contributed by atoms with van der Waals surface area (Å²) in [5, 5.41) is 11.5. The van der Waals surface area contributed by atoms with Crippen LogP contribution in [0.3, 0.4) is 0 Å². The molecule has 5 heteroatoms. The normalized spacial score (nSPS) is 17.1. The second-order valence-corrected chi connectivity index (χ2v) is 4.35. The first-order valence-electron chi connectivity index (χ1n) is 6.13. The van der Waals surface area contributed by atoms with Crippen LogP contribution in [0.15, 0.2) is 41.0 Å². The van der Waals surface area contributed by atoms with Crippen molar-refractivity contribution < 1.29 is 14.3 Å². The Bertz CT molecular complexity index is 521. The maximum atomic E-state index is 12.8. The van der Waals surface area contributed by atoms with Gasteiger partial charge >= 0.3 is 5.97 Å². The number of hydrogen-bond acceptors (Lipinski definition) is 3. The van der Waals surface area contributed by atoms with Crippen LogP contribution in [-0.2, 0) is 4.79 Å². The average Bonchev–Trinajstić information content (AvgIpc) is 2.40. The number of hydrogen-bond donors (Lipinski definition) is 2. The number of carboxylic acid groups (broad SMARTS) is 1. The monoisotopic (exact) mass is 262 g/mol. The number of aliphatic carboxylic acids is 1. The summed E-state index contributed by atoms with van der Waals surface area (Å²) in [6, 6.07) is 5.98. The van der Waals surface area contributed by atoms with E-state index < -0.39 is 5.97 Å². The van der Waals surface area contributed by atoms with E-state index in [2.05, 4.69) is 10.3 Å². The smallest absolute Gasteiger partial charge is 0.322 e. The largest absolute Gasteiger partial charge is 0.480 e. The Kier molecular flexibility index (Phi) is 4.28. The van der Waals surface area contributed by atoms with Crippen LogP contribution in [0.25, 0.3) is 0 Å². The highest BCUT2D eigenvalue weighted by Crippen LogP contribution is 2.19. The van der Waals surface area contributed by atoms with E-state index in [1.54, 1.807) is 12.1 Å². The summed E-state index contributed by atoms with van der Waals surface area (Å²) in [5.41, 5.74) is 2.47.